The molecule has 0 saturated carbocycles. The van der Waals surface area contributed by atoms with Crippen molar-refractivity contribution in [3.63, 3.8) is 0 Å². The molecule has 0 aliphatic rings. The Kier molecular flexibility index (Phi) is 5.10. The number of rotatable bonds is 5. The average Bonchev–Trinajstić information content (AvgIpc) is 3.00. The Morgan fingerprint density at radius 3 is 2.22 bits per heavy atom. The number of primary sulfonamides is 1. The van der Waals surface area contributed by atoms with Gasteiger partial charge in [-0.2, -0.15) is 10.4 Å². The third-order valence-corrected chi connectivity index (χ3v) is 5.15. The van der Waals surface area contributed by atoms with E-state index in [1.54, 1.807) is 12.1 Å². The van der Waals surface area contributed by atoms with Crippen molar-refractivity contribution in [2.45, 2.75) is 25.0 Å². The van der Waals surface area contributed by atoms with Crippen molar-refractivity contribution in [1.82, 2.24) is 9.78 Å². The van der Waals surface area contributed by atoms with Gasteiger partial charge in [0.1, 0.15) is 12.2 Å². The van der Waals surface area contributed by atoms with Gasteiger partial charge in [0.2, 0.25) is 10.0 Å². The molecule has 0 spiro atoms. The van der Waals surface area contributed by atoms with E-state index >= 15 is 0 Å². The number of hydrogen-bond acceptors (Lipinski definition) is 5. The molecule has 0 unspecified atom stereocenters. The first kappa shape index (κ1) is 18.8. The largest absolute Gasteiger partial charge is 0.390 e. The minimum Gasteiger partial charge on any atom is -0.390 e. The van der Waals surface area contributed by atoms with E-state index in [1.807, 2.05) is 37.3 Å². The lowest BCUT2D eigenvalue weighted by atomic mass is 9.98. The van der Waals surface area contributed by atoms with Gasteiger partial charge in [-0.15, -0.1) is 0 Å². The molecule has 0 radical (unpaired) electrons. The Hall–Kier alpha value is -2.99. The summed E-state index contributed by atoms with van der Waals surface area (Å²) >= 11 is 0. The molecule has 138 valence electrons. The topological polar surface area (TPSA) is 122 Å². The lowest BCUT2D eigenvalue weighted by Gasteiger charge is -2.07. The number of hydrogen-bond donors (Lipinski definition) is 2. The molecule has 0 bridgehead atoms. The summed E-state index contributed by atoms with van der Waals surface area (Å²) in [6, 6.07) is 15.8. The predicted octanol–water partition coefficient (Wildman–Crippen LogP) is 2.19. The Morgan fingerprint density at radius 2 is 1.70 bits per heavy atom. The highest BCUT2D eigenvalue weighted by Crippen LogP contribution is 2.35. The number of aliphatic hydroxyl groups is 1. The van der Waals surface area contributed by atoms with Gasteiger partial charge >= 0.3 is 0 Å². The first-order chi connectivity index (χ1) is 12.8. The third-order valence-electron chi connectivity index (χ3n) is 4.22. The van der Waals surface area contributed by atoms with Crippen LogP contribution in [-0.4, -0.2) is 23.3 Å². The second-order valence-electron chi connectivity index (χ2n) is 6.08. The van der Waals surface area contributed by atoms with Gasteiger partial charge in [-0.3, -0.25) is 4.68 Å². The number of aryl methyl sites for hydroxylation is 1. The van der Waals surface area contributed by atoms with E-state index in [9.17, 15) is 13.5 Å². The van der Waals surface area contributed by atoms with E-state index in [2.05, 4.69) is 5.10 Å². The smallest absolute Gasteiger partial charge is 0.238 e. The fourth-order valence-corrected chi connectivity index (χ4v) is 3.40. The zero-order chi connectivity index (χ0) is 19.6. The number of nitriles is 1. The second-order valence-corrected chi connectivity index (χ2v) is 7.64. The molecule has 3 aromatic rings. The van der Waals surface area contributed by atoms with E-state index < -0.39 is 10.0 Å². The van der Waals surface area contributed by atoms with Crippen molar-refractivity contribution in [3.8, 4) is 28.5 Å². The van der Waals surface area contributed by atoms with E-state index in [0.717, 1.165) is 11.1 Å². The second kappa shape index (κ2) is 7.32. The molecule has 0 atom stereocenters. The van der Waals surface area contributed by atoms with Gasteiger partial charge in [0.25, 0.3) is 0 Å². The van der Waals surface area contributed by atoms with Gasteiger partial charge in [-0.1, -0.05) is 42.0 Å². The molecule has 1 heterocycles. The molecular formula is C19H18N4O3S. The Labute approximate surface area is 157 Å². The van der Waals surface area contributed by atoms with Gasteiger partial charge in [-0.05, 0) is 24.6 Å². The van der Waals surface area contributed by atoms with Crippen LogP contribution in [0.3, 0.4) is 0 Å². The Bertz CT molecular complexity index is 1110. The Balaban J connectivity index is 2.22. The van der Waals surface area contributed by atoms with Crippen LogP contribution in [0.25, 0.3) is 22.4 Å². The number of nitrogens with zero attached hydrogens (tertiary/aromatic N) is 3. The van der Waals surface area contributed by atoms with Crippen LogP contribution in [0.15, 0.2) is 53.4 Å². The molecule has 0 aliphatic heterocycles. The quantitative estimate of drug-likeness (QED) is 0.700. The molecule has 0 amide bonds. The van der Waals surface area contributed by atoms with Crippen LogP contribution in [0.1, 0.15) is 11.3 Å². The third kappa shape index (κ3) is 3.75. The minimum atomic E-state index is -3.79. The number of aliphatic hydroxyl groups excluding tert-OH is 1. The van der Waals surface area contributed by atoms with Gasteiger partial charge in [0.05, 0.1) is 23.3 Å². The summed E-state index contributed by atoms with van der Waals surface area (Å²) in [5.74, 6) is 0. The molecule has 0 saturated heterocycles. The fraction of sp³-hybridized carbons (Fsp3) is 0.158. The molecule has 7 nitrogen and oxygen atoms in total. The molecule has 2 aromatic carbocycles. The summed E-state index contributed by atoms with van der Waals surface area (Å²) in [6.07, 6.45) is 0. The van der Waals surface area contributed by atoms with Gasteiger partial charge in [0.15, 0.2) is 0 Å². The van der Waals surface area contributed by atoms with E-state index in [1.165, 1.54) is 16.8 Å². The number of sulfonamides is 1. The molecular weight excluding hydrogens is 364 g/mol. The normalized spacial score (nSPS) is 11.3. The monoisotopic (exact) mass is 382 g/mol. The van der Waals surface area contributed by atoms with Crippen LogP contribution < -0.4 is 5.14 Å². The SMILES string of the molecule is Cc1ccc(-c2c(-c3ccc(S(N)(=O)=O)cc3)nn(CC#N)c2CO)cc1. The van der Waals surface area contributed by atoms with Crippen molar-refractivity contribution >= 4 is 10.0 Å². The van der Waals surface area contributed by atoms with Gasteiger partial charge in [-0.25, -0.2) is 13.6 Å². The number of benzene rings is 2. The molecule has 3 rings (SSSR count). The maximum absolute atomic E-state index is 11.5. The molecule has 3 N–H and O–H groups in total. The maximum atomic E-state index is 11.5. The lowest BCUT2D eigenvalue weighted by Crippen LogP contribution is -2.11. The van der Waals surface area contributed by atoms with Crippen molar-refractivity contribution in [3.05, 3.63) is 59.8 Å². The minimum absolute atomic E-state index is 0.00183. The molecule has 0 aliphatic carbocycles. The lowest BCUT2D eigenvalue weighted by molar-refractivity contribution is 0.270. The summed E-state index contributed by atoms with van der Waals surface area (Å²) in [4.78, 5) is 0.00183. The highest BCUT2D eigenvalue weighted by molar-refractivity contribution is 7.89. The van der Waals surface area contributed by atoms with Crippen molar-refractivity contribution in [1.29, 1.82) is 5.26 Å². The molecule has 0 fully saturated rings. The number of aromatic nitrogens is 2. The summed E-state index contributed by atoms with van der Waals surface area (Å²) in [6.45, 7) is 1.68. The standard InChI is InChI=1S/C19H18N4O3S/c1-13-2-4-14(5-3-13)18-17(12-24)23(11-10-20)22-19(18)15-6-8-16(9-7-15)27(21,25)26/h2-9,24H,11-12H2,1H3,(H2,21,25,26). The molecule has 27 heavy (non-hydrogen) atoms. The molecule has 1 aromatic heterocycles. The van der Waals surface area contributed by atoms with Crippen LogP contribution in [0.5, 0.6) is 0 Å². The zero-order valence-corrected chi connectivity index (χ0v) is 15.4. The van der Waals surface area contributed by atoms with Crippen LogP contribution in [0.4, 0.5) is 0 Å². The fourth-order valence-electron chi connectivity index (χ4n) is 2.88. The van der Waals surface area contributed by atoms with Gasteiger partial charge < -0.3 is 5.11 Å². The summed E-state index contributed by atoms with van der Waals surface area (Å²) < 4.78 is 24.4. The molecule has 8 heteroatoms. The summed E-state index contributed by atoms with van der Waals surface area (Å²) in [5.41, 5.74) is 4.37. The van der Waals surface area contributed by atoms with E-state index in [0.29, 0.717) is 22.5 Å². The highest BCUT2D eigenvalue weighted by Gasteiger charge is 2.20. The summed E-state index contributed by atoms with van der Waals surface area (Å²) in [7, 11) is -3.79. The maximum Gasteiger partial charge on any atom is 0.238 e. The zero-order valence-electron chi connectivity index (χ0n) is 14.6. The summed E-state index contributed by atoms with van der Waals surface area (Å²) in [5, 5.41) is 28.6. The van der Waals surface area contributed by atoms with E-state index in [-0.39, 0.29) is 18.0 Å². The van der Waals surface area contributed by atoms with Crippen molar-refractivity contribution in [2.24, 2.45) is 5.14 Å². The first-order valence-corrected chi connectivity index (χ1v) is 9.67. The van der Waals surface area contributed by atoms with Crippen LogP contribution in [-0.2, 0) is 23.2 Å². The van der Waals surface area contributed by atoms with Crippen molar-refractivity contribution < 1.29 is 13.5 Å². The predicted molar refractivity (Wildman–Crippen MR) is 101 cm³/mol. The van der Waals surface area contributed by atoms with Crippen LogP contribution in [0, 0.1) is 18.3 Å². The Morgan fingerprint density at radius 1 is 1.11 bits per heavy atom. The van der Waals surface area contributed by atoms with E-state index in [4.69, 9.17) is 10.4 Å². The highest BCUT2D eigenvalue weighted by atomic mass is 32.2. The van der Waals surface area contributed by atoms with Crippen LogP contribution in [0.2, 0.25) is 0 Å². The van der Waals surface area contributed by atoms with Crippen molar-refractivity contribution in [2.75, 3.05) is 0 Å². The van der Waals surface area contributed by atoms with Crippen LogP contribution >= 0.6 is 0 Å². The average molecular weight is 382 g/mol. The van der Waals surface area contributed by atoms with Gasteiger partial charge in [0, 0.05) is 11.1 Å². The first-order valence-electron chi connectivity index (χ1n) is 8.13. The number of nitrogens with two attached hydrogens (primary N) is 1.